The van der Waals surface area contributed by atoms with Crippen LogP contribution in [0.25, 0.3) is 0 Å². The third kappa shape index (κ3) is 4.50. The van der Waals surface area contributed by atoms with Crippen molar-refractivity contribution >= 4 is 29.0 Å². The zero-order valence-corrected chi connectivity index (χ0v) is 17.3. The zero-order valence-electron chi connectivity index (χ0n) is 17.3. The van der Waals surface area contributed by atoms with Gasteiger partial charge in [-0.3, -0.25) is 4.79 Å². The Morgan fingerprint density at radius 1 is 1.10 bits per heavy atom. The maximum atomic E-state index is 12.6. The summed E-state index contributed by atoms with van der Waals surface area (Å²) < 4.78 is 5.41. The molecule has 2 aliphatic rings. The van der Waals surface area contributed by atoms with Crippen LogP contribution in [0.2, 0.25) is 0 Å². The number of urea groups is 1. The molecule has 2 N–H and O–H groups in total. The Labute approximate surface area is 177 Å². The number of rotatable bonds is 5. The van der Waals surface area contributed by atoms with E-state index in [0.717, 1.165) is 32.4 Å². The summed E-state index contributed by atoms with van der Waals surface area (Å²) in [4.78, 5) is 28.8. The first-order valence-electron chi connectivity index (χ1n) is 10.5. The fraction of sp³-hybridized carbons (Fsp3) is 0.391. The molecule has 2 fully saturated rings. The van der Waals surface area contributed by atoms with Crippen molar-refractivity contribution in [1.29, 1.82) is 0 Å². The van der Waals surface area contributed by atoms with Crippen molar-refractivity contribution in [3.63, 3.8) is 0 Å². The van der Waals surface area contributed by atoms with Crippen LogP contribution in [-0.2, 0) is 4.79 Å². The molecular weight excluding hydrogens is 380 g/mol. The number of anilines is 3. The number of amides is 3. The molecule has 2 heterocycles. The highest BCUT2D eigenvalue weighted by atomic mass is 16.5. The standard InChI is InChI=1S/C23H28N4O3/c1-30-21-12-11-17(15-20(21)27-14-6-10-22(27)28)24-23(29)25-18-7-5-13-26(16-18)19-8-3-2-4-9-19/h2-4,8-9,11-12,15,18H,5-7,10,13-14,16H2,1H3,(H2,24,25,29). The minimum Gasteiger partial charge on any atom is -0.495 e. The molecule has 2 aromatic rings. The highest BCUT2D eigenvalue weighted by molar-refractivity contribution is 5.98. The van der Waals surface area contributed by atoms with E-state index in [1.54, 1.807) is 30.2 Å². The van der Waals surface area contributed by atoms with Gasteiger partial charge >= 0.3 is 6.03 Å². The van der Waals surface area contributed by atoms with Crippen LogP contribution in [0.4, 0.5) is 21.9 Å². The van der Waals surface area contributed by atoms with Gasteiger partial charge in [0, 0.05) is 43.5 Å². The molecule has 4 rings (SSSR count). The van der Waals surface area contributed by atoms with Crippen LogP contribution in [0, 0.1) is 0 Å². The van der Waals surface area contributed by atoms with Crippen LogP contribution in [0.15, 0.2) is 48.5 Å². The minimum absolute atomic E-state index is 0.0804. The van der Waals surface area contributed by atoms with Crippen molar-refractivity contribution in [1.82, 2.24) is 5.32 Å². The summed E-state index contributed by atoms with van der Waals surface area (Å²) in [6.07, 6.45) is 3.36. The van der Waals surface area contributed by atoms with Crippen molar-refractivity contribution in [2.45, 2.75) is 31.7 Å². The molecule has 7 heteroatoms. The van der Waals surface area contributed by atoms with E-state index in [-0.39, 0.29) is 18.0 Å². The van der Waals surface area contributed by atoms with Gasteiger partial charge in [-0.15, -0.1) is 0 Å². The molecule has 0 spiro atoms. The molecule has 0 radical (unpaired) electrons. The summed E-state index contributed by atoms with van der Waals surface area (Å²) in [5.74, 6) is 0.708. The molecule has 0 bridgehead atoms. The zero-order chi connectivity index (χ0) is 20.9. The fourth-order valence-electron chi connectivity index (χ4n) is 4.20. The van der Waals surface area contributed by atoms with E-state index in [1.807, 2.05) is 18.2 Å². The van der Waals surface area contributed by atoms with E-state index < -0.39 is 0 Å². The summed E-state index contributed by atoms with van der Waals surface area (Å²) in [6, 6.07) is 15.5. The van der Waals surface area contributed by atoms with Gasteiger partial charge in [0.25, 0.3) is 0 Å². The van der Waals surface area contributed by atoms with Crippen LogP contribution in [0.1, 0.15) is 25.7 Å². The number of carbonyl (C=O) groups is 2. The normalized spacial score (nSPS) is 19.0. The first-order chi connectivity index (χ1) is 14.6. The number of piperidine rings is 1. The van der Waals surface area contributed by atoms with Gasteiger partial charge in [0.15, 0.2) is 0 Å². The Kier molecular flexibility index (Phi) is 6.07. The summed E-state index contributed by atoms with van der Waals surface area (Å²) >= 11 is 0. The molecular formula is C23H28N4O3. The van der Waals surface area contributed by atoms with E-state index >= 15 is 0 Å². The third-order valence-electron chi connectivity index (χ3n) is 5.68. The summed E-state index contributed by atoms with van der Waals surface area (Å²) in [7, 11) is 1.58. The molecule has 0 aliphatic carbocycles. The maximum Gasteiger partial charge on any atom is 0.319 e. The molecule has 3 amide bonds. The number of hydrogen-bond acceptors (Lipinski definition) is 4. The molecule has 2 aromatic carbocycles. The number of ether oxygens (including phenoxy) is 1. The van der Waals surface area contributed by atoms with E-state index in [2.05, 4.69) is 27.7 Å². The van der Waals surface area contributed by atoms with Gasteiger partial charge in [-0.25, -0.2) is 4.79 Å². The van der Waals surface area contributed by atoms with E-state index in [9.17, 15) is 9.59 Å². The SMILES string of the molecule is COc1ccc(NC(=O)NC2CCCN(c3ccccc3)C2)cc1N1CCCC1=O. The largest absolute Gasteiger partial charge is 0.495 e. The van der Waals surface area contributed by atoms with Gasteiger partial charge in [0.05, 0.1) is 12.8 Å². The van der Waals surface area contributed by atoms with Crippen molar-refractivity contribution in [3.8, 4) is 5.75 Å². The van der Waals surface area contributed by atoms with Gasteiger partial charge in [0.1, 0.15) is 5.75 Å². The summed E-state index contributed by atoms with van der Waals surface area (Å²) in [6.45, 7) is 2.45. The predicted molar refractivity (Wildman–Crippen MR) is 118 cm³/mol. The minimum atomic E-state index is -0.237. The molecule has 158 valence electrons. The second-order valence-electron chi connectivity index (χ2n) is 7.75. The second kappa shape index (κ2) is 9.07. The lowest BCUT2D eigenvalue weighted by Crippen LogP contribution is -2.49. The van der Waals surface area contributed by atoms with Crippen LogP contribution in [0.5, 0.6) is 5.75 Å². The third-order valence-corrected chi connectivity index (χ3v) is 5.68. The quantitative estimate of drug-likeness (QED) is 0.793. The number of nitrogens with one attached hydrogen (secondary N) is 2. The lowest BCUT2D eigenvalue weighted by atomic mass is 10.1. The lowest BCUT2D eigenvalue weighted by molar-refractivity contribution is -0.117. The molecule has 2 aliphatic heterocycles. The monoisotopic (exact) mass is 408 g/mol. The molecule has 0 saturated carbocycles. The van der Waals surface area contributed by atoms with Gasteiger partial charge < -0.3 is 25.2 Å². The Hall–Kier alpha value is -3.22. The number of methoxy groups -OCH3 is 1. The first kappa shape index (κ1) is 20.1. The topological polar surface area (TPSA) is 73.9 Å². The Morgan fingerprint density at radius 2 is 1.93 bits per heavy atom. The number of nitrogens with zero attached hydrogens (tertiary/aromatic N) is 2. The molecule has 7 nitrogen and oxygen atoms in total. The fourth-order valence-corrected chi connectivity index (χ4v) is 4.20. The summed E-state index contributed by atoms with van der Waals surface area (Å²) in [5, 5.41) is 6.00. The molecule has 1 unspecified atom stereocenters. The average Bonchev–Trinajstić information content (AvgIpc) is 3.20. The van der Waals surface area contributed by atoms with Crippen LogP contribution in [0.3, 0.4) is 0 Å². The maximum absolute atomic E-state index is 12.6. The van der Waals surface area contributed by atoms with Crippen molar-refractivity contribution < 1.29 is 14.3 Å². The van der Waals surface area contributed by atoms with Gasteiger partial charge in [0.2, 0.25) is 5.91 Å². The van der Waals surface area contributed by atoms with Crippen molar-refractivity contribution in [2.24, 2.45) is 0 Å². The van der Waals surface area contributed by atoms with Gasteiger partial charge in [-0.1, -0.05) is 18.2 Å². The predicted octanol–water partition coefficient (Wildman–Crippen LogP) is 3.61. The van der Waals surface area contributed by atoms with Crippen LogP contribution >= 0.6 is 0 Å². The first-order valence-corrected chi connectivity index (χ1v) is 10.5. The Bertz CT molecular complexity index is 903. The van der Waals surface area contributed by atoms with Crippen molar-refractivity contribution in [2.75, 3.05) is 41.9 Å². The summed E-state index contributed by atoms with van der Waals surface area (Å²) in [5.41, 5.74) is 2.52. The van der Waals surface area contributed by atoms with Crippen molar-refractivity contribution in [3.05, 3.63) is 48.5 Å². The molecule has 1 atom stereocenters. The van der Waals surface area contributed by atoms with Gasteiger partial charge in [-0.05, 0) is 49.6 Å². The molecule has 0 aromatic heterocycles. The smallest absolute Gasteiger partial charge is 0.319 e. The van der Waals surface area contributed by atoms with Crippen LogP contribution < -0.4 is 25.2 Å². The molecule has 2 saturated heterocycles. The highest BCUT2D eigenvalue weighted by Crippen LogP contribution is 2.34. The lowest BCUT2D eigenvalue weighted by Gasteiger charge is -2.34. The molecule has 30 heavy (non-hydrogen) atoms. The van der Waals surface area contributed by atoms with E-state index in [0.29, 0.717) is 30.1 Å². The highest BCUT2D eigenvalue weighted by Gasteiger charge is 2.25. The second-order valence-corrected chi connectivity index (χ2v) is 7.75. The number of benzene rings is 2. The Balaban J connectivity index is 1.39. The van der Waals surface area contributed by atoms with E-state index in [1.165, 1.54) is 5.69 Å². The number of para-hydroxylation sites is 1. The van der Waals surface area contributed by atoms with Crippen LogP contribution in [-0.4, -0.2) is 44.7 Å². The average molecular weight is 409 g/mol. The van der Waals surface area contributed by atoms with Gasteiger partial charge in [-0.2, -0.15) is 0 Å². The Morgan fingerprint density at radius 3 is 2.67 bits per heavy atom. The number of carbonyl (C=O) groups excluding carboxylic acids is 2. The van der Waals surface area contributed by atoms with E-state index in [4.69, 9.17) is 4.74 Å². The number of hydrogen-bond donors (Lipinski definition) is 2.